The summed E-state index contributed by atoms with van der Waals surface area (Å²) in [5.74, 6) is -0.993. The van der Waals surface area contributed by atoms with Gasteiger partial charge in [0.15, 0.2) is 0 Å². The van der Waals surface area contributed by atoms with Crippen molar-refractivity contribution in [2.45, 2.75) is 49.4 Å². The number of hydrogen-bond donors (Lipinski definition) is 1. The van der Waals surface area contributed by atoms with Crippen molar-refractivity contribution in [3.63, 3.8) is 0 Å². The van der Waals surface area contributed by atoms with Gasteiger partial charge < -0.3 is 14.3 Å². The van der Waals surface area contributed by atoms with Gasteiger partial charge in [-0.1, -0.05) is 0 Å². The smallest absolute Gasteiger partial charge is 0.306 e. The summed E-state index contributed by atoms with van der Waals surface area (Å²) in [6.45, 7) is 2.05. The number of carbonyl (C=O) groups is 1. The lowest BCUT2D eigenvalue weighted by atomic mass is 9.79. The molecule has 22 heavy (non-hydrogen) atoms. The zero-order valence-electron chi connectivity index (χ0n) is 12.3. The van der Waals surface area contributed by atoms with E-state index in [1.165, 1.54) is 16.6 Å². The Morgan fingerprint density at radius 1 is 1.50 bits per heavy atom. The maximum Gasteiger partial charge on any atom is 0.306 e. The molecule has 1 aromatic heterocycles. The van der Waals surface area contributed by atoms with Crippen LogP contribution in [0.15, 0.2) is 21.8 Å². The first-order chi connectivity index (χ1) is 10.3. The third-order valence-corrected chi connectivity index (χ3v) is 5.94. The van der Waals surface area contributed by atoms with Crippen LogP contribution in [0.2, 0.25) is 0 Å². The summed E-state index contributed by atoms with van der Waals surface area (Å²) in [7, 11) is -3.76. The third-order valence-electron chi connectivity index (χ3n) is 4.26. The molecule has 1 saturated carbocycles. The number of morpholine rings is 1. The minimum Gasteiger partial charge on any atom is -0.481 e. The van der Waals surface area contributed by atoms with Crippen LogP contribution in [0.4, 0.5) is 0 Å². The lowest BCUT2D eigenvalue weighted by Gasteiger charge is -2.50. The van der Waals surface area contributed by atoms with Gasteiger partial charge in [-0.25, -0.2) is 8.42 Å². The van der Waals surface area contributed by atoms with E-state index in [9.17, 15) is 13.2 Å². The van der Waals surface area contributed by atoms with Crippen molar-refractivity contribution in [3.05, 3.63) is 17.9 Å². The molecule has 1 unspecified atom stereocenters. The average molecular weight is 329 g/mol. The Bertz CT molecular complexity index is 675. The van der Waals surface area contributed by atoms with Gasteiger partial charge in [0.05, 0.1) is 24.4 Å². The summed E-state index contributed by atoms with van der Waals surface area (Å²) in [6.07, 6.45) is 3.04. The van der Waals surface area contributed by atoms with E-state index >= 15 is 0 Å². The number of furan rings is 1. The number of ether oxygens (including phenoxy) is 1. The molecule has 1 spiro atoms. The van der Waals surface area contributed by atoms with Crippen LogP contribution in [0.5, 0.6) is 0 Å². The monoisotopic (exact) mass is 329 g/mol. The Morgan fingerprint density at radius 2 is 2.23 bits per heavy atom. The molecule has 122 valence electrons. The third kappa shape index (κ3) is 2.78. The van der Waals surface area contributed by atoms with Gasteiger partial charge in [0.1, 0.15) is 0 Å². The highest BCUT2D eigenvalue weighted by molar-refractivity contribution is 7.89. The van der Waals surface area contributed by atoms with Crippen LogP contribution in [0.25, 0.3) is 0 Å². The molecule has 2 heterocycles. The summed E-state index contributed by atoms with van der Waals surface area (Å²) >= 11 is 0. The molecule has 0 radical (unpaired) electrons. The first-order valence-electron chi connectivity index (χ1n) is 7.26. The number of nitrogens with zero attached hydrogens (tertiary/aromatic N) is 1. The minimum atomic E-state index is -3.76. The number of rotatable bonds is 4. The topological polar surface area (TPSA) is 97.1 Å². The van der Waals surface area contributed by atoms with Gasteiger partial charge in [0.2, 0.25) is 5.09 Å². The van der Waals surface area contributed by atoms with Crippen LogP contribution >= 0.6 is 0 Å². The molecular weight excluding hydrogens is 310 g/mol. The van der Waals surface area contributed by atoms with Gasteiger partial charge in [0, 0.05) is 19.2 Å². The van der Waals surface area contributed by atoms with Crippen molar-refractivity contribution < 1.29 is 27.5 Å². The Labute approximate surface area is 128 Å². The highest BCUT2D eigenvalue weighted by Gasteiger charge is 2.49. The fraction of sp³-hybridized carbons (Fsp3) is 0.643. The molecule has 8 heteroatoms. The maximum absolute atomic E-state index is 12.7. The zero-order chi connectivity index (χ0) is 16.0. The zero-order valence-corrected chi connectivity index (χ0v) is 13.1. The second kappa shape index (κ2) is 5.36. The van der Waals surface area contributed by atoms with Crippen LogP contribution in [0.3, 0.4) is 0 Å². The number of aryl methyl sites for hydroxylation is 1. The van der Waals surface area contributed by atoms with Crippen LogP contribution in [-0.2, 0) is 19.6 Å². The number of carboxylic acid groups (broad SMARTS) is 1. The SMILES string of the molecule is Cc1coc(S(=O)(=O)N2CC(CC(=O)O)OC3(CCC3)C2)c1. The normalized spacial score (nSPS) is 25.0. The Balaban J connectivity index is 1.86. The highest BCUT2D eigenvalue weighted by atomic mass is 32.2. The second-order valence-corrected chi connectivity index (χ2v) is 7.98. The molecule has 1 aliphatic carbocycles. The molecule has 3 rings (SSSR count). The molecule has 1 N–H and O–H groups in total. The fourth-order valence-electron chi connectivity index (χ4n) is 3.04. The molecule has 0 aromatic carbocycles. The van der Waals surface area contributed by atoms with E-state index in [1.54, 1.807) is 6.92 Å². The molecule has 7 nitrogen and oxygen atoms in total. The molecule has 2 aliphatic rings. The summed E-state index contributed by atoms with van der Waals surface area (Å²) in [5, 5.41) is 8.87. The lowest BCUT2D eigenvalue weighted by Crippen LogP contribution is -2.60. The first-order valence-corrected chi connectivity index (χ1v) is 8.70. The summed E-state index contributed by atoms with van der Waals surface area (Å²) in [6, 6.07) is 1.48. The molecule has 1 saturated heterocycles. The van der Waals surface area contributed by atoms with Gasteiger partial charge in [-0.2, -0.15) is 4.31 Å². The van der Waals surface area contributed by atoms with E-state index in [4.69, 9.17) is 14.3 Å². The number of aliphatic carboxylic acids is 1. The minimum absolute atomic E-state index is 0.0378. The Kier molecular flexibility index (Phi) is 3.78. The predicted molar refractivity (Wildman–Crippen MR) is 75.9 cm³/mol. The van der Waals surface area contributed by atoms with Gasteiger partial charge in [-0.05, 0) is 31.7 Å². The largest absolute Gasteiger partial charge is 0.481 e. The molecule has 0 amide bonds. The molecule has 1 aromatic rings. The first kappa shape index (κ1) is 15.5. The fourth-order valence-corrected chi connectivity index (χ4v) is 4.57. The lowest BCUT2D eigenvalue weighted by molar-refractivity contribution is -0.183. The number of hydrogen-bond acceptors (Lipinski definition) is 5. The van der Waals surface area contributed by atoms with Crippen LogP contribution < -0.4 is 0 Å². The second-order valence-electron chi connectivity index (χ2n) is 6.11. The average Bonchev–Trinajstić information content (AvgIpc) is 2.83. The van der Waals surface area contributed by atoms with E-state index in [0.717, 1.165) is 24.8 Å². The van der Waals surface area contributed by atoms with Crippen molar-refractivity contribution in [2.75, 3.05) is 13.1 Å². The summed E-state index contributed by atoms with van der Waals surface area (Å²) in [5.41, 5.74) is 0.194. The number of carboxylic acids is 1. The van der Waals surface area contributed by atoms with Gasteiger partial charge in [-0.15, -0.1) is 0 Å². The van der Waals surface area contributed by atoms with Gasteiger partial charge in [0.25, 0.3) is 10.0 Å². The van der Waals surface area contributed by atoms with E-state index in [-0.39, 0.29) is 24.6 Å². The molecule has 1 aliphatic heterocycles. The molecule has 1 atom stereocenters. The van der Waals surface area contributed by atoms with Crippen molar-refractivity contribution >= 4 is 16.0 Å². The molecule has 2 fully saturated rings. The summed E-state index contributed by atoms with van der Waals surface area (Å²) < 4.78 is 37.7. The van der Waals surface area contributed by atoms with Crippen molar-refractivity contribution in [1.82, 2.24) is 4.31 Å². The summed E-state index contributed by atoms with van der Waals surface area (Å²) in [4.78, 5) is 10.9. The highest BCUT2D eigenvalue weighted by Crippen LogP contribution is 2.41. The van der Waals surface area contributed by atoms with Crippen molar-refractivity contribution in [3.8, 4) is 0 Å². The van der Waals surface area contributed by atoms with E-state index < -0.39 is 27.7 Å². The number of sulfonamides is 1. The van der Waals surface area contributed by atoms with Crippen LogP contribution in [-0.4, -0.2) is 48.6 Å². The quantitative estimate of drug-likeness (QED) is 0.896. The Hall–Kier alpha value is -1.38. The van der Waals surface area contributed by atoms with E-state index in [0.29, 0.717) is 0 Å². The van der Waals surface area contributed by atoms with E-state index in [2.05, 4.69) is 0 Å². The molecule has 0 bridgehead atoms. The maximum atomic E-state index is 12.7. The van der Waals surface area contributed by atoms with Crippen LogP contribution in [0.1, 0.15) is 31.2 Å². The van der Waals surface area contributed by atoms with Gasteiger partial charge in [-0.3, -0.25) is 4.79 Å². The predicted octanol–water partition coefficient (Wildman–Crippen LogP) is 1.37. The van der Waals surface area contributed by atoms with Crippen LogP contribution in [0, 0.1) is 6.92 Å². The van der Waals surface area contributed by atoms with Crippen molar-refractivity contribution in [2.24, 2.45) is 0 Å². The van der Waals surface area contributed by atoms with Gasteiger partial charge >= 0.3 is 5.97 Å². The standard InChI is InChI=1S/C14H19NO6S/c1-10-5-13(20-8-10)22(18,19)15-7-11(6-12(16)17)21-14(9-15)3-2-4-14/h5,8,11H,2-4,6-7,9H2,1H3,(H,16,17). The van der Waals surface area contributed by atoms with E-state index in [1.807, 2.05) is 0 Å². The van der Waals surface area contributed by atoms with Crippen molar-refractivity contribution in [1.29, 1.82) is 0 Å². The Morgan fingerprint density at radius 3 is 2.73 bits per heavy atom. The molecular formula is C14H19NO6S.